The molecule has 0 saturated carbocycles. The van der Waals surface area contributed by atoms with Crippen molar-refractivity contribution in [1.82, 2.24) is 19.4 Å². The molecule has 0 fully saturated rings. The van der Waals surface area contributed by atoms with Gasteiger partial charge in [-0.05, 0) is 30.7 Å². The van der Waals surface area contributed by atoms with Gasteiger partial charge in [-0.15, -0.1) is 0 Å². The normalized spacial score (nSPS) is 11.2. The van der Waals surface area contributed by atoms with E-state index in [-0.39, 0.29) is 41.3 Å². The lowest BCUT2D eigenvalue weighted by atomic mass is 10.2. The van der Waals surface area contributed by atoms with E-state index in [2.05, 4.69) is 9.97 Å². The molecule has 0 atom stereocenters. The van der Waals surface area contributed by atoms with Crippen LogP contribution in [0.25, 0.3) is 22.0 Å². The van der Waals surface area contributed by atoms with Crippen LogP contribution in [0.2, 0.25) is 5.02 Å². The number of nitrogens with zero attached hydrogens (tertiary/aromatic N) is 4. The number of fused-ring (bicyclic) bond motifs is 2. The molecule has 4 rings (SSSR count). The number of nitro benzene ring substituents is 1. The molecule has 0 unspecified atom stereocenters. The first-order chi connectivity index (χ1) is 15.8. The number of hydrogen-bond acceptors (Lipinski definition) is 7. The van der Waals surface area contributed by atoms with E-state index in [1.807, 2.05) is 6.92 Å². The number of hydrogen-bond donors (Lipinski definition) is 1. The Bertz CT molecular complexity index is 1500. The molecular formula is C21H18ClN5O6. The second-order valence-corrected chi connectivity index (χ2v) is 7.79. The SMILES string of the molecule is CCCN(Cc1nc2cc(Cl)ccc2c(=O)[nH]1)C(=O)Cn1c(=O)oc2cc([N+](=O)[O-])ccc21. The van der Waals surface area contributed by atoms with Gasteiger partial charge in [0.05, 0.1) is 34.0 Å². The molecule has 2 heterocycles. The summed E-state index contributed by atoms with van der Waals surface area (Å²) in [5, 5.41) is 11.8. The van der Waals surface area contributed by atoms with Gasteiger partial charge in [-0.25, -0.2) is 9.78 Å². The van der Waals surface area contributed by atoms with E-state index in [1.165, 1.54) is 17.0 Å². The molecule has 2 aromatic carbocycles. The van der Waals surface area contributed by atoms with Crippen molar-refractivity contribution in [1.29, 1.82) is 0 Å². The van der Waals surface area contributed by atoms with Crippen molar-refractivity contribution in [3.05, 3.63) is 78.3 Å². The van der Waals surface area contributed by atoms with Crippen molar-refractivity contribution in [2.45, 2.75) is 26.4 Å². The molecule has 0 bridgehead atoms. The van der Waals surface area contributed by atoms with E-state index in [1.54, 1.807) is 18.2 Å². The predicted octanol–water partition coefficient (Wildman–Crippen LogP) is 2.83. The van der Waals surface area contributed by atoms with Gasteiger partial charge in [0.2, 0.25) is 5.91 Å². The Kier molecular flexibility index (Phi) is 5.97. The number of aromatic nitrogens is 3. The van der Waals surface area contributed by atoms with Crippen LogP contribution in [0.5, 0.6) is 0 Å². The average molecular weight is 472 g/mol. The number of non-ortho nitro benzene ring substituents is 1. The van der Waals surface area contributed by atoms with Crippen LogP contribution in [-0.2, 0) is 17.9 Å². The summed E-state index contributed by atoms with van der Waals surface area (Å²) in [6.07, 6.45) is 0.628. The molecule has 0 aliphatic rings. The second-order valence-electron chi connectivity index (χ2n) is 7.35. The van der Waals surface area contributed by atoms with Crippen LogP contribution in [0.15, 0.2) is 50.4 Å². The molecule has 4 aromatic rings. The van der Waals surface area contributed by atoms with Crippen LogP contribution in [0.1, 0.15) is 19.2 Å². The zero-order chi connectivity index (χ0) is 23.7. The van der Waals surface area contributed by atoms with Gasteiger partial charge < -0.3 is 14.3 Å². The molecular weight excluding hydrogens is 454 g/mol. The van der Waals surface area contributed by atoms with Crippen LogP contribution < -0.4 is 11.3 Å². The van der Waals surface area contributed by atoms with Crippen molar-refractivity contribution >= 4 is 45.2 Å². The Labute approximate surface area is 190 Å². The predicted molar refractivity (Wildman–Crippen MR) is 120 cm³/mol. The zero-order valence-corrected chi connectivity index (χ0v) is 18.2. The van der Waals surface area contributed by atoms with Crippen molar-refractivity contribution < 1.29 is 14.1 Å². The van der Waals surface area contributed by atoms with Gasteiger partial charge in [0.15, 0.2) is 5.58 Å². The highest BCUT2D eigenvalue weighted by Crippen LogP contribution is 2.20. The standard InChI is InChI=1S/C21H18ClN5O6/c1-2-7-25(10-18-23-15-8-12(22)3-5-14(15)20(29)24-18)19(28)11-26-16-6-4-13(27(31)32)9-17(16)33-21(26)30/h3-6,8-9H,2,7,10-11H2,1H3,(H,23,24,29). The summed E-state index contributed by atoms with van der Waals surface area (Å²) in [6, 6.07) is 8.46. The number of rotatable bonds is 7. The van der Waals surface area contributed by atoms with Gasteiger partial charge in [0.1, 0.15) is 12.4 Å². The number of amides is 1. The van der Waals surface area contributed by atoms with Crippen LogP contribution >= 0.6 is 11.6 Å². The molecule has 0 aliphatic carbocycles. The number of carbonyl (C=O) groups is 1. The van der Waals surface area contributed by atoms with E-state index < -0.39 is 16.6 Å². The summed E-state index contributed by atoms with van der Waals surface area (Å²) in [4.78, 5) is 56.6. The molecule has 2 aromatic heterocycles. The molecule has 0 spiro atoms. The van der Waals surface area contributed by atoms with Crippen molar-refractivity contribution in [3.63, 3.8) is 0 Å². The minimum Gasteiger partial charge on any atom is -0.407 e. The topological polar surface area (TPSA) is 144 Å². The van der Waals surface area contributed by atoms with Gasteiger partial charge >= 0.3 is 5.76 Å². The van der Waals surface area contributed by atoms with E-state index in [0.29, 0.717) is 28.9 Å². The van der Waals surface area contributed by atoms with Crippen LogP contribution in [0.3, 0.4) is 0 Å². The number of H-pyrrole nitrogens is 1. The average Bonchev–Trinajstić information content (AvgIpc) is 3.07. The minimum absolute atomic E-state index is 0.0143. The highest BCUT2D eigenvalue weighted by Gasteiger charge is 2.20. The molecule has 0 radical (unpaired) electrons. The van der Waals surface area contributed by atoms with Gasteiger partial charge in [-0.1, -0.05) is 18.5 Å². The first-order valence-corrected chi connectivity index (χ1v) is 10.4. The Morgan fingerprint density at radius 2 is 2.06 bits per heavy atom. The number of aromatic amines is 1. The summed E-state index contributed by atoms with van der Waals surface area (Å²) < 4.78 is 6.20. The molecule has 0 aliphatic heterocycles. The Morgan fingerprint density at radius 1 is 1.27 bits per heavy atom. The second kappa shape index (κ2) is 8.87. The third-order valence-corrected chi connectivity index (χ3v) is 5.30. The third kappa shape index (κ3) is 4.48. The van der Waals surface area contributed by atoms with Crippen LogP contribution in [0, 0.1) is 10.1 Å². The first kappa shape index (κ1) is 22.2. The Morgan fingerprint density at radius 3 is 2.79 bits per heavy atom. The first-order valence-electron chi connectivity index (χ1n) is 10.0. The molecule has 11 nitrogen and oxygen atoms in total. The maximum absolute atomic E-state index is 13.1. The maximum atomic E-state index is 13.1. The fraction of sp³-hybridized carbons (Fsp3) is 0.238. The lowest BCUT2D eigenvalue weighted by Gasteiger charge is -2.21. The quantitative estimate of drug-likeness (QED) is 0.322. The third-order valence-electron chi connectivity index (χ3n) is 5.06. The zero-order valence-electron chi connectivity index (χ0n) is 17.4. The van der Waals surface area contributed by atoms with Crippen LogP contribution in [0.4, 0.5) is 5.69 Å². The molecule has 170 valence electrons. The molecule has 1 amide bonds. The summed E-state index contributed by atoms with van der Waals surface area (Å²) in [6.45, 7) is 1.91. The summed E-state index contributed by atoms with van der Waals surface area (Å²) in [5.74, 6) is -0.937. The Hall–Kier alpha value is -3.99. The number of halogens is 1. The smallest absolute Gasteiger partial charge is 0.407 e. The Balaban J connectivity index is 1.63. The molecule has 0 saturated heterocycles. The largest absolute Gasteiger partial charge is 0.420 e. The van der Waals surface area contributed by atoms with Crippen LogP contribution in [-0.4, -0.2) is 36.8 Å². The minimum atomic E-state index is -0.804. The van der Waals surface area contributed by atoms with Gasteiger partial charge in [0.25, 0.3) is 11.2 Å². The van der Waals surface area contributed by atoms with Gasteiger partial charge in [-0.2, -0.15) is 0 Å². The number of benzene rings is 2. The number of nitrogens with one attached hydrogen (secondary N) is 1. The monoisotopic (exact) mass is 471 g/mol. The highest BCUT2D eigenvalue weighted by atomic mass is 35.5. The van der Waals surface area contributed by atoms with E-state index in [4.69, 9.17) is 16.0 Å². The van der Waals surface area contributed by atoms with Gasteiger partial charge in [0, 0.05) is 17.6 Å². The number of oxazole rings is 1. The number of carbonyl (C=O) groups excluding carboxylic acids is 1. The molecule has 12 heteroatoms. The van der Waals surface area contributed by atoms with E-state index in [0.717, 1.165) is 10.6 Å². The number of nitro groups is 1. The van der Waals surface area contributed by atoms with E-state index >= 15 is 0 Å². The van der Waals surface area contributed by atoms with Crippen molar-refractivity contribution in [3.8, 4) is 0 Å². The molecule has 33 heavy (non-hydrogen) atoms. The summed E-state index contributed by atoms with van der Waals surface area (Å²) >= 11 is 6.00. The highest BCUT2D eigenvalue weighted by molar-refractivity contribution is 6.31. The van der Waals surface area contributed by atoms with Crippen molar-refractivity contribution in [2.75, 3.05) is 6.54 Å². The lowest BCUT2D eigenvalue weighted by molar-refractivity contribution is -0.384. The lowest BCUT2D eigenvalue weighted by Crippen LogP contribution is -2.36. The summed E-state index contributed by atoms with van der Waals surface area (Å²) in [7, 11) is 0. The van der Waals surface area contributed by atoms with E-state index in [9.17, 15) is 24.5 Å². The fourth-order valence-corrected chi connectivity index (χ4v) is 3.70. The summed E-state index contributed by atoms with van der Waals surface area (Å²) in [5.41, 5.74) is 0.107. The van der Waals surface area contributed by atoms with Crippen molar-refractivity contribution in [2.24, 2.45) is 0 Å². The maximum Gasteiger partial charge on any atom is 0.420 e. The van der Waals surface area contributed by atoms with Gasteiger partial charge in [-0.3, -0.25) is 24.3 Å². The molecule has 1 N–H and O–H groups in total. The fourth-order valence-electron chi connectivity index (χ4n) is 3.53.